The number of nitrogens with one attached hydrogen (secondary N) is 3. The molecule has 180 valence electrons. The maximum atomic E-state index is 11.5. The van der Waals surface area contributed by atoms with Crippen LogP contribution in [0.2, 0.25) is 0 Å². The average Bonchev–Trinajstić information content (AvgIpc) is 2.88. The molecule has 0 unspecified atom stereocenters. The van der Waals surface area contributed by atoms with Crippen LogP contribution >= 0.6 is 22.6 Å². The second-order valence-corrected chi connectivity index (χ2v) is 8.66. The number of carbonyl (C=O) groups excluding carboxylic acids is 2. The molecule has 3 aromatic carbocycles. The molecule has 3 N–H and O–H groups in total. The van der Waals surface area contributed by atoms with E-state index < -0.39 is 0 Å². The molecule has 0 atom stereocenters. The lowest BCUT2D eigenvalue weighted by atomic mass is 10.1. The predicted octanol–water partition coefficient (Wildman–Crippen LogP) is 6.73. The maximum absolute atomic E-state index is 11.5. The van der Waals surface area contributed by atoms with Crippen LogP contribution in [0.15, 0.2) is 107 Å². The van der Waals surface area contributed by atoms with Gasteiger partial charge < -0.3 is 16.0 Å². The Kier molecular flexibility index (Phi) is 8.40. The van der Waals surface area contributed by atoms with Gasteiger partial charge in [0.15, 0.2) is 0 Å². The van der Waals surface area contributed by atoms with Crippen molar-refractivity contribution in [3.8, 4) is 0 Å². The largest absolute Gasteiger partial charge is 0.356 e. The molecule has 1 aliphatic rings. The summed E-state index contributed by atoms with van der Waals surface area (Å²) < 4.78 is 0.416. The molecule has 0 heterocycles. The van der Waals surface area contributed by atoms with Crippen molar-refractivity contribution in [3.63, 3.8) is 0 Å². The average molecular weight is 589 g/mol. The molecule has 4 rings (SSSR count). The summed E-state index contributed by atoms with van der Waals surface area (Å²) in [4.78, 5) is 31.9. The van der Waals surface area contributed by atoms with E-state index in [9.17, 15) is 9.59 Å². The molecule has 36 heavy (non-hydrogen) atoms. The molecule has 0 bridgehead atoms. The van der Waals surface area contributed by atoms with Crippen molar-refractivity contribution in [1.29, 1.82) is 0 Å². The van der Waals surface area contributed by atoms with Gasteiger partial charge in [-0.3, -0.25) is 9.59 Å². The van der Waals surface area contributed by atoms with E-state index in [-0.39, 0.29) is 11.8 Å². The third kappa shape index (κ3) is 7.47. The molecule has 1 aliphatic carbocycles. The molecule has 0 radical (unpaired) electrons. The van der Waals surface area contributed by atoms with Crippen LogP contribution in [0.3, 0.4) is 0 Å². The number of allylic oxidation sites excluding steroid dienone is 4. The molecule has 0 aromatic heterocycles. The van der Waals surface area contributed by atoms with E-state index in [1.165, 1.54) is 6.92 Å². The van der Waals surface area contributed by atoms with E-state index in [0.717, 1.165) is 45.5 Å². The van der Waals surface area contributed by atoms with Crippen LogP contribution in [0, 0.1) is 0 Å². The summed E-state index contributed by atoms with van der Waals surface area (Å²) in [5.74, 6) is -0.121. The molecule has 0 saturated heterocycles. The molecular formula is C28H24IN5O2. The van der Waals surface area contributed by atoms with Gasteiger partial charge in [-0.1, -0.05) is 22.6 Å². The van der Waals surface area contributed by atoms with Gasteiger partial charge >= 0.3 is 0 Å². The minimum absolute atomic E-state index is 0.0277. The molecule has 0 aliphatic heterocycles. The molecule has 7 nitrogen and oxygen atoms in total. The fraction of sp³-hybridized carbons (Fsp3) is 0.0714. The van der Waals surface area contributed by atoms with Gasteiger partial charge in [0.2, 0.25) is 11.8 Å². The second-order valence-electron chi connectivity index (χ2n) is 7.90. The zero-order valence-electron chi connectivity index (χ0n) is 19.5. The predicted molar refractivity (Wildman–Crippen MR) is 157 cm³/mol. The van der Waals surface area contributed by atoms with Crippen LogP contribution in [0.4, 0.5) is 34.1 Å². The Morgan fingerprint density at radius 2 is 1.03 bits per heavy atom. The highest BCUT2D eigenvalue weighted by Gasteiger charge is 2.03. The first-order valence-corrected chi connectivity index (χ1v) is 12.7. The standard InChI is InChI=1S/C28H24IN5O2/c1-19(35)30-20-2-4-21(5-3-20)31-22-6-8-23(9-7-22)32-24-10-12-25(13-11-24)33-26-14-16-27(17-15-26)34-28(36)18-29/h2-17,31H,18H2,1H3,(H,30,35)(H,34,36). The summed E-state index contributed by atoms with van der Waals surface area (Å²) in [6.45, 7) is 1.49. The number of hydrogen-bond acceptors (Lipinski definition) is 5. The zero-order chi connectivity index (χ0) is 25.3. The topological polar surface area (TPSA) is 94.9 Å². The minimum Gasteiger partial charge on any atom is -0.356 e. The molecule has 2 amide bonds. The Morgan fingerprint density at radius 1 is 0.639 bits per heavy atom. The van der Waals surface area contributed by atoms with E-state index in [1.807, 2.05) is 120 Å². The fourth-order valence-electron chi connectivity index (χ4n) is 3.34. The summed E-state index contributed by atoms with van der Waals surface area (Å²) in [5, 5.41) is 8.91. The Morgan fingerprint density at radius 3 is 1.47 bits per heavy atom. The molecular weight excluding hydrogens is 565 g/mol. The molecule has 0 fully saturated rings. The summed E-state index contributed by atoms with van der Waals surface area (Å²) in [6.07, 6.45) is 7.70. The van der Waals surface area contributed by atoms with Crippen LogP contribution in [-0.2, 0) is 9.59 Å². The number of hydrogen-bond donors (Lipinski definition) is 3. The van der Waals surface area contributed by atoms with Crippen molar-refractivity contribution in [2.24, 2.45) is 9.98 Å². The van der Waals surface area contributed by atoms with E-state index in [2.05, 4.69) is 25.9 Å². The summed E-state index contributed by atoms with van der Waals surface area (Å²) in [7, 11) is 0. The lowest BCUT2D eigenvalue weighted by Gasteiger charge is -2.08. The first-order valence-electron chi connectivity index (χ1n) is 11.2. The third-order valence-corrected chi connectivity index (χ3v) is 5.69. The zero-order valence-corrected chi connectivity index (χ0v) is 21.7. The first kappa shape index (κ1) is 25.1. The highest BCUT2D eigenvalue weighted by molar-refractivity contribution is 14.1. The van der Waals surface area contributed by atoms with Crippen LogP contribution in [0.5, 0.6) is 0 Å². The summed E-state index contributed by atoms with van der Waals surface area (Å²) in [6, 6.07) is 22.8. The van der Waals surface area contributed by atoms with Gasteiger partial charge in [-0.15, -0.1) is 0 Å². The quantitative estimate of drug-likeness (QED) is 0.162. The first-order chi connectivity index (χ1) is 17.5. The van der Waals surface area contributed by atoms with Gasteiger partial charge in [0.1, 0.15) is 0 Å². The van der Waals surface area contributed by atoms with E-state index in [1.54, 1.807) is 0 Å². The monoisotopic (exact) mass is 589 g/mol. The normalized spacial score (nSPS) is 12.2. The van der Waals surface area contributed by atoms with Crippen molar-refractivity contribution in [3.05, 3.63) is 97.1 Å². The van der Waals surface area contributed by atoms with Gasteiger partial charge in [-0.05, 0) is 97.1 Å². The van der Waals surface area contributed by atoms with E-state index >= 15 is 0 Å². The van der Waals surface area contributed by atoms with Crippen molar-refractivity contribution < 1.29 is 9.59 Å². The van der Waals surface area contributed by atoms with Crippen LogP contribution in [0.1, 0.15) is 6.92 Å². The summed E-state index contributed by atoms with van der Waals surface area (Å²) >= 11 is 2.03. The molecule has 0 saturated carbocycles. The van der Waals surface area contributed by atoms with Gasteiger partial charge in [0.25, 0.3) is 0 Å². The number of nitrogens with zero attached hydrogens (tertiary/aromatic N) is 2. The maximum Gasteiger partial charge on any atom is 0.234 e. The van der Waals surface area contributed by atoms with Crippen LogP contribution in [-0.4, -0.2) is 27.7 Å². The van der Waals surface area contributed by atoms with Crippen molar-refractivity contribution in [1.82, 2.24) is 0 Å². The minimum atomic E-state index is -0.0937. The Hall–Kier alpha value is -4.05. The van der Waals surface area contributed by atoms with Crippen molar-refractivity contribution in [2.45, 2.75) is 6.92 Å². The second kappa shape index (κ2) is 12.1. The van der Waals surface area contributed by atoms with Gasteiger partial charge in [-0.25, -0.2) is 9.98 Å². The van der Waals surface area contributed by atoms with E-state index in [0.29, 0.717) is 4.43 Å². The number of carbonyl (C=O) groups is 2. The van der Waals surface area contributed by atoms with Gasteiger partial charge in [0.05, 0.1) is 27.2 Å². The highest BCUT2D eigenvalue weighted by atomic mass is 127. The van der Waals surface area contributed by atoms with Crippen molar-refractivity contribution >= 4 is 80.0 Å². The molecule has 8 heteroatoms. The van der Waals surface area contributed by atoms with Gasteiger partial charge in [-0.2, -0.15) is 0 Å². The smallest absolute Gasteiger partial charge is 0.234 e. The van der Waals surface area contributed by atoms with Crippen LogP contribution < -0.4 is 16.0 Å². The van der Waals surface area contributed by atoms with Gasteiger partial charge in [0, 0.05) is 29.7 Å². The summed E-state index contributed by atoms with van der Waals surface area (Å²) in [5.41, 5.74) is 6.68. The number of rotatable bonds is 7. The number of benzene rings is 3. The number of halogens is 1. The Balaban J connectivity index is 1.34. The number of amides is 2. The lowest BCUT2D eigenvalue weighted by Crippen LogP contribution is -2.11. The number of aliphatic imine (C=N–C) groups is 2. The van der Waals surface area contributed by atoms with Crippen molar-refractivity contribution in [2.75, 3.05) is 20.4 Å². The fourth-order valence-corrected chi connectivity index (χ4v) is 3.53. The van der Waals surface area contributed by atoms with E-state index in [4.69, 9.17) is 0 Å². The SMILES string of the molecule is CC(=O)Nc1ccc(Nc2ccc(N=C3C=CC(=Nc4ccc(NC(=O)CI)cc4)C=C3)cc2)cc1. The number of anilines is 4. The third-order valence-electron chi connectivity index (χ3n) is 5.00. The molecule has 0 spiro atoms. The Labute approximate surface area is 223 Å². The molecule has 3 aromatic rings. The van der Waals surface area contributed by atoms with Crippen LogP contribution in [0.25, 0.3) is 0 Å². The number of alkyl halides is 1. The lowest BCUT2D eigenvalue weighted by molar-refractivity contribution is -0.114. The Bertz CT molecular complexity index is 1340. The highest BCUT2D eigenvalue weighted by Crippen LogP contribution is 2.23.